The highest BCUT2D eigenvalue weighted by molar-refractivity contribution is 5.96. The van der Waals surface area contributed by atoms with Gasteiger partial charge in [0.15, 0.2) is 5.78 Å². The maximum Gasteiger partial charge on any atom is 0.162 e. The van der Waals surface area contributed by atoms with Gasteiger partial charge in [0.2, 0.25) is 0 Å². The van der Waals surface area contributed by atoms with Crippen LogP contribution < -0.4 is 0 Å². The van der Waals surface area contributed by atoms with Crippen LogP contribution in [0.25, 0.3) is 0 Å². The number of rotatable bonds is 8. The summed E-state index contributed by atoms with van der Waals surface area (Å²) in [6.45, 7) is 8.52. The number of carbonyl (C=O) groups excluding carboxylic acids is 1. The van der Waals surface area contributed by atoms with Crippen LogP contribution in [0.2, 0.25) is 0 Å². The fourth-order valence-electron chi connectivity index (χ4n) is 5.28. The van der Waals surface area contributed by atoms with Crippen LogP contribution in [-0.2, 0) is 19.5 Å². The lowest BCUT2D eigenvalue weighted by molar-refractivity contribution is 0.0962. The monoisotopic (exact) mass is 436 g/mol. The van der Waals surface area contributed by atoms with Gasteiger partial charge in [-0.2, -0.15) is 0 Å². The third-order valence-electron chi connectivity index (χ3n) is 7.19. The summed E-state index contributed by atoms with van der Waals surface area (Å²) in [5.41, 5.74) is 4.65. The Kier molecular flexibility index (Phi) is 8.10. The molecule has 0 aliphatic carbocycles. The van der Waals surface area contributed by atoms with Gasteiger partial charge in [0, 0.05) is 25.1 Å². The first-order chi connectivity index (χ1) is 15.6. The molecule has 3 nitrogen and oxygen atoms in total. The van der Waals surface area contributed by atoms with Gasteiger partial charge in [0.1, 0.15) is 5.82 Å². The minimum atomic E-state index is -0.190. The number of likely N-dealkylation sites (tertiary alicyclic amines) is 1. The molecule has 0 spiro atoms. The zero-order valence-corrected chi connectivity index (χ0v) is 19.5. The average Bonchev–Trinajstić information content (AvgIpc) is 3.01. The fraction of sp³-hybridized carbons (Fsp3) is 0.536. The second-order valence-electron chi connectivity index (χ2n) is 9.67. The quantitative estimate of drug-likeness (QED) is 0.484. The van der Waals surface area contributed by atoms with Gasteiger partial charge in [-0.15, -0.1) is 0 Å². The average molecular weight is 437 g/mol. The minimum absolute atomic E-state index is 0.190. The molecule has 2 aliphatic heterocycles. The Balaban J connectivity index is 1.33. The molecule has 0 atom stereocenters. The molecule has 0 bridgehead atoms. The van der Waals surface area contributed by atoms with Crippen LogP contribution in [0.4, 0.5) is 4.39 Å². The molecule has 4 rings (SSSR count). The number of piperidine rings is 1. The van der Waals surface area contributed by atoms with Gasteiger partial charge in [-0.25, -0.2) is 4.39 Å². The molecule has 2 aliphatic rings. The van der Waals surface area contributed by atoms with Gasteiger partial charge in [0.05, 0.1) is 0 Å². The Morgan fingerprint density at radius 3 is 2.53 bits per heavy atom. The highest BCUT2D eigenvalue weighted by atomic mass is 19.1. The van der Waals surface area contributed by atoms with E-state index in [1.807, 2.05) is 18.2 Å². The van der Waals surface area contributed by atoms with E-state index in [-0.39, 0.29) is 11.6 Å². The van der Waals surface area contributed by atoms with Gasteiger partial charge in [0.25, 0.3) is 0 Å². The summed E-state index contributed by atoms with van der Waals surface area (Å²) in [5.74, 6) is 0.793. The molecule has 0 aromatic heterocycles. The van der Waals surface area contributed by atoms with Crippen molar-refractivity contribution in [3.8, 4) is 0 Å². The van der Waals surface area contributed by atoms with Crippen molar-refractivity contribution in [2.75, 3.05) is 26.2 Å². The number of hydrogen-bond acceptors (Lipinski definition) is 3. The van der Waals surface area contributed by atoms with Gasteiger partial charge in [-0.1, -0.05) is 31.2 Å². The van der Waals surface area contributed by atoms with Crippen molar-refractivity contribution in [3.05, 3.63) is 70.5 Å². The molecule has 2 aromatic carbocycles. The van der Waals surface area contributed by atoms with Crippen molar-refractivity contribution in [1.29, 1.82) is 0 Å². The molecule has 1 fully saturated rings. The van der Waals surface area contributed by atoms with Crippen molar-refractivity contribution in [2.45, 2.75) is 65.0 Å². The summed E-state index contributed by atoms with van der Waals surface area (Å²) >= 11 is 0. The van der Waals surface area contributed by atoms with E-state index in [1.165, 1.54) is 62.2 Å². The van der Waals surface area contributed by atoms with Crippen LogP contribution in [0.1, 0.15) is 72.5 Å². The molecular weight excluding hydrogens is 399 g/mol. The van der Waals surface area contributed by atoms with Gasteiger partial charge in [-0.3, -0.25) is 9.69 Å². The normalized spacial score (nSPS) is 18.3. The van der Waals surface area contributed by atoms with E-state index in [9.17, 15) is 9.18 Å². The Morgan fingerprint density at radius 2 is 1.78 bits per heavy atom. The lowest BCUT2D eigenvalue weighted by Gasteiger charge is -2.31. The van der Waals surface area contributed by atoms with E-state index < -0.39 is 0 Å². The van der Waals surface area contributed by atoms with E-state index in [0.29, 0.717) is 12.3 Å². The number of carbonyl (C=O) groups is 1. The van der Waals surface area contributed by atoms with Crippen molar-refractivity contribution < 1.29 is 9.18 Å². The van der Waals surface area contributed by atoms with Crippen LogP contribution in [0.3, 0.4) is 0 Å². The zero-order chi connectivity index (χ0) is 22.3. The molecule has 2 aromatic rings. The van der Waals surface area contributed by atoms with Crippen molar-refractivity contribution >= 4 is 5.78 Å². The minimum Gasteiger partial charge on any atom is -0.303 e. The Labute approximate surface area is 192 Å². The third kappa shape index (κ3) is 6.26. The summed E-state index contributed by atoms with van der Waals surface area (Å²) in [6, 6.07) is 13.2. The Morgan fingerprint density at radius 1 is 1.00 bits per heavy atom. The molecule has 0 unspecified atom stereocenters. The molecule has 0 amide bonds. The predicted octanol–water partition coefficient (Wildman–Crippen LogP) is 5.86. The second-order valence-corrected chi connectivity index (χ2v) is 9.67. The number of aryl methyl sites for hydroxylation is 1. The van der Waals surface area contributed by atoms with Crippen LogP contribution in [0.5, 0.6) is 0 Å². The summed E-state index contributed by atoms with van der Waals surface area (Å²) in [4.78, 5) is 17.9. The summed E-state index contributed by atoms with van der Waals surface area (Å²) in [6.07, 6.45) is 7.54. The number of benzene rings is 2. The van der Waals surface area contributed by atoms with Gasteiger partial charge in [-0.05, 0) is 106 Å². The summed E-state index contributed by atoms with van der Waals surface area (Å²) < 4.78 is 13.2. The number of fused-ring (bicyclic) bond motifs is 1. The largest absolute Gasteiger partial charge is 0.303 e. The SMILES string of the molecule is CCCN1CCC(CCC(=O)c2ccc3c(c2)CN(Cc2ccc(F)cc2)CCC3)CC1. The van der Waals surface area contributed by atoms with E-state index in [2.05, 4.69) is 28.9 Å². The number of hydrogen-bond donors (Lipinski definition) is 0. The maximum absolute atomic E-state index is 13.2. The fourth-order valence-corrected chi connectivity index (χ4v) is 5.28. The first-order valence-corrected chi connectivity index (χ1v) is 12.4. The summed E-state index contributed by atoms with van der Waals surface area (Å²) in [7, 11) is 0. The number of ketones is 1. The predicted molar refractivity (Wildman–Crippen MR) is 128 cm³/mol. The Hall–Kier alpha value is -2.04. The Bertz CT molecular complexity index is 887. The van der Waals surface area contributed by atoms with Crippen molar-refractivity contribution in [3.63, 3.8) is 0 Å². The lowest BCUT2D eigenvalue weighted by atomic mass is 9.89. The van der Waals surface area contributed by atoms with E-state index >= 15 is 0 Å². The molecule has 0 radical (unpaired) electrons. The maximum atomic E-state index is 13.2. The number of nitrogens with zero attached hydrogens (tertiary/aromatic N) is 2. The second kappa shape index (κ2) is 11.2. The number of Topliss-reactive ketones (excluding diaryl/α,β-unsaturated/α-hetero) is 1. The molecule has 4 heteroatoms. The smallest absolute Gasteiger partial charge is 0.162 e. The topological polar surface area (TPSA) is 23.6 Å². The van der Waals surface area contributed by atoms with Gasteiger partial charge < -0.3 is 4.90 Å². The molecule has 0 saturated carbocycles. The molecule has 1 saturated heterocycles. The standard InChI is InChI=1S/C28H37FN2O/c1-2-15-30-17-13-22(14-18-30)7-12-28(32)25-9-8-24-4-3-16-31(21-26(24)19-25)20-23-5-10-27(29)11-6-23/h5-6,8-11,19,22H,2-4,7,12-18,20-21H2,1H3. The van der Waals surface area contributed by atoms with E-state index in [0.717, 1.165) is 50.0 Å². The van der Waals surface area contributed by atoms with E-state index in [4.69, 9.17) is 0 Å². The summed E-state index contributed by atoms with van der Waals surface area (Å²) in [5, 5.41) is 0. The molecular formula is C28H37FN2O. The van der Waals surface area contributed by atoms with Crippen LogP contribution in [-0.4, -0.2) is 41.8 Å². The van der Waals surface area contributed by atoms with Crippen LogP contribution in [0, 0.1) is 11.7 Å². The lowest BCUT2D eigenvalue weighted by Crippen LogP contribution is -2.34. The van der Waals surface area contributed by atoms with Crippen molar-refractivity contribution in [1.82, 2.24) is 9.80 Å². The van der Waals surface area contributed by atoms with Crippen LogP contribution >= 0.6 is 0 Å². The highest BCUT2D eigenvalue weighted by Crippen LogP contribution is 2.25. The van der Waals surface area contributed by atoms with E-state index in [1.54, 1.807) is 0 Å². The third-order valence-corrected chi connectivity index (χ3v) is 7.19. The first kappa shape index (κ1) is 23.1. The van der Waals surface area contributed by atoms with Gasteiger partial charge >= 0.3 is 0 Å². The highest BCUT2D eigenvalue weighted by Gasteiger charge is 2.21. The zero-order valence-electron chi connectivity index (χ0n) is 19.5. The van der Waals surface area contributed by atoms with Crippen molar-refractivity contribution in [2.24, 2.45) is 5.92 Å². The number of halogens is 1. The van der Waals surface area contributed by atoms with Crippen LogP contribution in [0.15, 0.2) is 42.5 Å². The first-order valence-electron chi connectivity index (χ1n) is 12.4. The molecule has 2 heterocycles. The molecule has 32 heavy (non-hydrogen) atoms. The molecule has 172 valence electrons. The molecule has 0 N–H and O–H groups in total.